The number of carbonyl (C=O) groups is 1. The van der Waals surface area contributed by atoms with E-state index in [4.69, 9.17) is 0 Å². The van der Waals surface area contributed by atoms with E-state index in [0.29, 0.717) is 11.1 Å². The molecule has 1 amide bonds. The van der Waals surface area contributed by atoms with Gasteiger partial charge in [0.15, 0.2) is 0 Å². The molecule has 0 aliphatic heterocycles. The van der Waals surface area contributed by atoms with Crippen LogP contribution in [0.4, 0.5) is 5.00 Å². The number of amides is 1. The molecule has 122 valence electrons. The fourth-order valence-corrected chi connectivity index (χ4v) is 5.06. The molecule has 0 saturated heterocycles. The third-order valence-electron chi connectivity index (χ3n) is 5.12. The highest BCUT2D eigenvalue weighted by molar-refractivity contribution is 7.16. The number of rotatable bonds is 2. The maximum absolute atomic E-state index is 12.7. The molecular weight excluding hydrogens is 316 g/mol. The zero-order chi connectivity index (χ0) is 16.5. The molecule has 1 aromatic carbocycles. The van der Waals surface area contributed by atoms with Crippen LogP contribution in [0.2, 0.25) is 0 Å². The van der Waals surface area contributed by atoms with E-state index in [9.17, 15) is 10.1 Å². The Labute approximate surface area is 146 Å². The molecule has 1 heterocycles. The van der Waals surface area contributed by atoms with Gasteiger partial charge >= 0.3 is 0 Å². The largest absolute Gasteiger partial charge is 0.312 e. The molecule has 0 radical (unpaired) electrons. The molecule has 1 aromatic heterocycles. The fourth-order valence-electron chi connectivity index (χ4n) is 3.82. The number of benzene rings is 1. The first-order chi connectivity index (χ1) is 11.8. The Hall–Kier alpha value is -2.12. The summed E-state index contributed by atoms with van der Waals surface area (Å²) in [6, 6.07) is 8.34. The highest BCUT2D eigenvalue weighted by atomic mass is 32.1. The van der Waals surface area contributed by atoms with Crippen LogP contribution < -0.4 is 5.32 Å². The zero-order valence-electron chi connectivity index (χ0n) is 13.7. The summed E-state index contributed by atoms with van der Waals surface area (Å²) in [7, 11) is 0. The third-order valence-corrected chi connectivity index (χ3v) is 6.33. The van der Waals surface area contributed by atoms with E-state index in [0.717, 1.165) is 42.7 Å². The molecule has 0 spiro atoms. The lowest BCUT2D eigenvalue weighted by atomic mass is 9.90. The lowest BCUT2D eigenvalue weighted by Crippen LogP contribution is -2.13. The van der Waals surface area contributed by atoms with Gasteiger partial charge in [-0.3, -0.25) is 4.79 Å². The second kappa shape index (κ2) is 6.41. The standard InChI is InChI=1S/C20H20N2OS/c21-12-17-16-7-3-4-8-18(16)24-20(17)22-19(23)15-10-9-13-5-1-2-6-14(13)11-15/h9-11H,1-8H2,(H,22,23). The van der Waals surface area contributed by atoms with Gasteiger partial charge in [0, 0.05) is 10.4 Å². The van der Waals surface area contributed by atoms with Gasteiger partial charge in [0.25, 0.3) is 5.91 Å². The summed E-state index contributed by atoms with van der Waals surface area (Å²) in [6.45, 7) is 0. The van der Waals surface area contributed by atoms with Gasteiger partial charge in [-0.25, -0.2) is 0 Å². The quantitative estimate of drug-likeness (QED) is 0.869. The predicted octanol–water partition coefficient (Wildman–Crippen LogP) is 4.63. The summed E-state index contributed by atoms with van der Waals surface area (Å²) in [5.41, 5.74) is 5.23. The van der Waals surface area contributed by atoms with Gasteiger partial charge in [-0.05, 0) is 80.2 Å². The Morgan fingerprint density at radius 3 is 2.62 bits per heavy atom. The van der Waals surface area contributed by atoms with Crippen LogP contribution in [-0.4, -0.2) is 5.91 Å². The molecule has 24 heavy (non-hydrogen) atoms. The summed E-state index contributed by atoms with van der Waals surface area (Å²) in [6.07, 6.45) is 8.93. The topological polar surface area (TPSA) is 52.9 Å². The van der Waals surface area contributed by atoms with E-state index in [1.54, 1.807) is 11.3 Å². The minimum absolute atomic E-state index is 0.0986. The number of nitriles is 1. The van der Waals surface area contributed by atoms with Crippen molar-refractivity contribution in [1.29, 1.82) is 5.26 Å². The molecule has 2 aliphatic rings. The van der Waals surface area contributed by atoms with Gasteiger partial charge in [-0.1, -0.05) is 6.07 Å². The van der Waals surface area contributed by atoms with Crippen molar-refractivity contribution in [3.05, 3.63) is 50.9 Å². The highest BCUT2D eigenvalue weighted by Crippen LogP contribution is 2.37. The molecule has 4 heteroatoms. The minimum atomic E-state index is -0.0986. The summed E-state index contributed by atoms with van der Waals surface area (Å²) in [4.78, 5) is 13.9. The van der Waals surface area contributed by atoms with Gasteiger partial charge in [0.05, 0.1) is 5.56 Å². The van der Waals surface area contributed by atoms with Gasteiger partial charge in [0.2, 0.25) is 0 Å². The number of nitrogens with zero attached hydrogens (tertiary/aromatic N) is 1. The molecule has 1 N–H and O–H groups in total. The van der Waals surface area contributed by atoms with Crippen LogP contribution >= 0.6 is 11.3 Å². The summed E-state index contributed by atoms with van der Waals surface area (Å²) < 4.78 is 0. The van der Waals surface area contributed by atoms with Crippen molar-refractivity contribution in [2.75, 3.05) is 5.32 Å². The molecule has 2 aromatic rings. The number of thiophene rings is 1. The lowest BCUT2D eigenvalue weighted by Gasteiger charge is -2.16. The first-order valence-corrected chi connectivity index (χ1v) is 9.55. The molecule has 0 bridgehead atoms. The van der Waals surface area contributed by atoms with Crippen molar-refractivity contribution in [1.82, 2.24) is 0 Å². The first-order valence-electron chi connectivity index (χ1n) is 8.74. The smallest absolute Gasteiger partial charge is 0.256 e. The van der Waals surface area contributed by atoms with E-state index in [2.05, 4.69) is 17.5 Å². The SMILES string of the molecule is N#Cc1c(NC(=O)c2ccc3c(c2)CCCC3)sc2c1CCCC2. The summed E-state index contributed by atoms with van der Waals surface area (Å²) in [5, 5.41) is 13.2. The van der Waals surface area contributed by atoms with E-state index < -0.39 is 0 Å². The van der Waals surface area contributed by atoms with Crippen LogP contribution in [-0.2, 0) is 25.7 Å². The van der Waals surface area contributed by atoms with Gasteiger partial charge < -0.3 is 5.32 Å². The Balaban J connectivity index is 1.61. The van der Waals surface area contributed by atoms with Crippen molar-refractivity contribution in [3.63, 3.8) is 0 Å². The normalized spacial score (nSPS) is 16.0. The van der Waals surface area contributed by atoms with Crippen molar-refractivity contribution < 1.29 is 4.79 Å². The molecule has 0 unspecified atom stereocenters. The Kier molecular flexibility index (Phi) is 4.12. The molecular formula is C20H20N2OS. The van der Waals surface area contributed by atoms with Gasteiger partial charge in [-0.2, -0.15) is 5.26 Å². The molecule has 0 saturated carbocycles. The van der Waals surface area contributed by atoms with Crippen LogP contribution in [0.3, 0.4) is 0 Å². The van der Waals surface area contributed by atoms with Crippen LogP contribution in [0.1, 0.15) is 63.2 Å². The van der Waals surface area contributed by atoms with E-state index in [1.165, 1.54) is 35.3 Å². The Morgan fingerprint density at radius 2 is 1.79 bits per heavy atom. The maximum atomic E-state index is 12.7. The third kappa shape index (κ3) is 2.74. The number of fused-ring (bicyclic) bond motifs is 2. The molecule has 0 atom stereocenters. The van der Waals surface area contributed by atoms with Crippen molar-refractivity contribution in [2.24, 2.45) is 0 Å². The lowest BCUT2D eigenvalue weighted by molar-refractivity contribution is 0.102. The van der Waals surface area contributed by atoms with Crippen LogP contribution in [0.25, 0.3) is 0 Å². The number of nitrogens with one attached hydrogen (secondary N) is 1. The monoisotopic (exact) mass is 336 g/mol. The molecule has 2 aliphatic carbocycles. The Morgan fingerprint density at radius 1 is 1.04 bits per heavy atom. The first kappa shape index (κ1) is 15.4. The minimum Gasteiger partial charge on any atom is -0.312 e. The van der Waals surface area contributed by atoms with Crippen LogP contribution in [0.15, 0.2) is 18.2 Å². The van der Waals surface area contributed by atoms with Crippen molar-refractivity contribution in [2.45, 2.75) is 51.4 Å². The predicted molar refractivity (Wildman–Crippen MR) is 96.7 cm³/mol. The average Bonchev–Trinajstić information content (AvgIpc) is 2.98. The molecule has 0 fully saturated rings. The van der Waals surface area contributed by atoms with Crippen molar-refractivity contribution >= 4 is 22.2 Å². The fraction of sp³-hybridized carbons (Fsp3) is 0.400. The van der Waals surface area contributed by atoms with Gasteiger partial charge in [0.1, 0.15) is 11.1 Å². The highest BCUT2D eigenvalue weighted by Gasteiger charge is 2.22. The number of aryl methyl sites for hydroxylation is 3. The second-order valence-corrected chi connectivity index (χ2v) is 7.78. The number of carbonyl (C=O) groups excluding carboxylic acids is 1. The van der Waals surface area contributed by atoms with Gasteiger partial charge in [-0.15, -0.1) is 11.3 Å². The number of hydrogen-bond donors (Lipinski definition) is 1. The van der Waals surface area contributed by atoms with Crippen molar-refractivity contribution in [3.8, 4) is 6.07 Å². The van der Waals surface area contributed by atoms with Crippen LogP contribution in [0, 0.1) is 11.3 Å². The average molecular weight is 336 g/mol. The van der Waals surface area contributed by atoms with E-state index >= 15 is 0 Å². The molecule has 3 nitrogen and oxygen atoms in total. The summed E-state index contributed by atoms with van der Waals surface area (Å²) in [5.74, 6) is -0.0986. The molecule has 4 rings (SSSR count). The van der Waals surface area contributed by atoms with E-state index in [1.807, 2.05) is 12.1 Å². The maximum Gasteiger partial charge on any atom is 0.256 e. The zero-order valence-corrected chi connectivity index (χ0v) is 14.5. The Bertz CT molecular complexity index is 844. The summed E-state index contributed by atoms with van der Waals surface area (Å²) >= 11 is 1.58. The number of anilines is 1. The second-order valence-electron chi connectivity index (χ2n) is 6.67. The van der Waals surface area contributed by atoms with E-state index in [-0.39, 0.29) is 5.91 Å². The van der Waals surface area contributed by atoms with Crippen LogP contribution in [0.5, 0.6) is 0 Å². The number of hydrogen-bond acceptors (Lipinski definition) is 3.